The smallest absolute Gasteiger partial charge is 0.230 e. The summed E-state index contributed by atoms with van der Waals surface area (Å²) in [5.41, 5.74) is 1.95. The van der Waals surface area contributed by atoms with Crippen molar-refractivity contribution in [3.05, 3.63) is 65.2 Å². The normalized spacial score (nSPS) is 11.0. The Labute approximate surface area is 180 Å². The molecule has 2 aromatic carbocycles. The van der Waals surface area contributed by atoms with Crippen molar-refractivity contribution in [2.75, 3.05) is 12.3 Å². The topological polar surface area (TPSA) is 59.8 Å². The number of carbonyl (C=O) groups is 1. The summed E-state index contributed by atoms with van der Waals surface area (Å²) in [4.78, 5) is 12.2. The van der Waals surface area contributed by atoms with Gasteiger partial charge in [0.05, 0.1) is 17.3 Å². The fraction of sp³-hybridized carbons (Fsp3) is 0.318. The van der Waals surface area contributed by atoms with Crippen molar-refractivity contribution >= 4 is 29.3 Å². The summed E-state index contributed by atoms with van der Waals surface area (Å²) >= 11 is 7.79. The molecule has 5 nitrogen and oxygen atoms in total. The van der Waals surface area contributed by atoms with Crippen LogP contribution < -0.4 is 5.32 Å². The minimum Gasteiger partial charge on any atom is -0.355 e. The molecule has 0 radical (unpaired) electrons. The van der Waals surface area contributed by atoms with Gasteiger partial charge in [0.1, 0.15) is 0 Å². The second-order valence-corrected chi connectivity index (χ2v) is 8.53. The summed E-state index contributed by atoms with van der Waals surface area (Å²) in [5, 5.41) is 13.0. The van der Waals surface area contributed by atoms with Crippen LogP contribution in [0.25, 0.3) is 11.4 Å². The minimum atomic E-state index is 0.00389. The van der Waals surface area contributed by atoms with E-state index in [1.54, 1.807) is 0 Å². The molecule has 3 aromatic rings. The van der Waals surface area contributed by atoms with Crippen LogP contribution in [0.3, 0.4) is 0 Å². The number of halogens is 1. The van der Waals surface area contributed by atoms with Crippen LogP contribution in [-0.4, -0.2) is 33.0 Å². The Balaban J connectivity index is 1.79. The van der Waals surface area contributed by atoms with Gasteiger partial charge < -0.3 is 5.32 Å². The maximum atomic E-state index is 12.2. The molecule has 1 N–H and O–H groups in total. The molecule has 0 saturated heterocycles. The van der Waals surface area contributed by atoms with Crippen molar-refractivity contribution < 1.29 is 4.79 Å². The SMILES string of the molecule is CC(C)CCNC(=O)CSc1nnc(-c2ccccc2Cl)n1Cc1ccccc1. The van der Waals surface area contributed by atoms with Crippen LogP contribution in [0.1, 0.15) is 25.8 Å². The molecule has 3 rings (SSSR count). The van der Waals surface area contributed by atoms with Crippen molar-refractivity contribution in [2.24, 2.45) is 5.92 Å². The number of hydrogen-bond donors (Lipinski definition) is 1. The quantitative estimate of drug-likeness (QED) is 0.492. The number of carbonyl (C=O) groups excluding carboxylic acids is 1. The lowest BCUT2D eigenvalue weighted by Crippen LogP contribution is -2.27. The van der Waals surface area contributed by atoms with E-state index >= 15 is 0 Å². The molecule has 0 atom stereocenters. The molecule has 0 aliphatic heterocycles. The Bertz CT molecular complexity index is 943. The number of rotatable bonds is 9. The lowest BCUT2D eigenvalue weighted by atomic mass is 10.1. The van der Waals surface area contributed by atoms with Crippen LogP contribution in [0, 0.1) is 5.92 Å². The van der Waals surface area contributed by atoms with Gasteiger partial charge in [0.2, 0.25) is 5.91 Å². The van der Waals surface area contributed by atoms with E-state index in [-0.39, 0.29) is 5.91 Å². The molecule has 0 aliphatic carbocycles. The van der Waals surface area contributed by atoms with Gasteiger partial charge in [-0.1, -0.05) is 79.7 Å². The summed E-state index contributed by atoms with van der Waals surface area (Å²) in [6, 6.07) is 17.7. The minimum absolute atomic E-state index is 0.00389. The maximum absolute atomic E-state index is 12.2. The third-order valence-corrected chi connectivity index (χ3v) is 5.69. The molecular formula is C22H25ClN4OS. The first-order chi connectivity index (χ1) is 14.0. The highest BCUT2D eigenvalue weighted by molar-refractivity contribution is 7.99. The lowest BCUT2D eigenvalue weighted by Gasteiger charge is -2.11. The zero-order valence-electron chi connectivity index (χ0n) is 16.6. The van der Waals surface area contributed by atoms with E-state index in [1.165, 1.54) is 11.8 Å². The average molecular weight is 429 g/mol. The van der Waals surface area contributed by atoms with Gasteiger partial charge in [-0.05, 0) is 30.0 Å². The molecule has 152 valence electrons. The third-order valence-electron chi connectivity index (χ3n) is 4.39. The third kappa shape index (κ3) is 6.08. The van der Waals surface area contributed by atoms with Crippen LogP contribution in [0.2, 0.25) is 5.02 Å². The predicted molar refractivity (Wildman–Crippen MR) is 119 cm³/mol. The van der Waals surface area contributed by atoms with Crippen LogP contribution in [0.5, 0.6) is 0 Å². The molecule has 0 spiro atoms. The number of benzene rings is 2. The van der Waals surface area contributed by atoms with Gasteiger partial charge >= 0.3 is 0 Å². The Morgan fingerprint density at radius 3 is 2.55 bits per heavy atom. The predicted octanol–water partition coefficient (Wildman–Crippen LogP) is 4.90. The number of aromatic nitrogens is 3. The number of nitrogens with one attached hydrogen (secondary N) is 1. The van der Waals surface area contributed by atoms with Gasteiger partial charge in [-0.3, -0.25) is 9.36 Å². The molecular weight excluding hydrogens is 404 g/mol. The fourth-order valence-corrected chi connectivity index (χ4v) is 3.82. The van der Waals surface area contributed by atoms with Gasteiger partial charge in [-0.25, -0.2) is 0 Å². The Morgan fingerprint density at radius 1 is 1.10 bits per heavy atom. The molecule has 0 aliphatic rings. The molecule has 0 unspecified atom stereocenters. The van der Waals surface area contributed by atoms with Gasteiger partial charge in [0, 0.05) is 12.1 Å². The molecule has 1 aromatic heterocycles. The molecule has 0 bridgehead atoms. The number of thioether (sulfide) groups is 1. The molecule has 29 heavy (non-hydrogen) atoms. The summed E-state index contributed by atoms with van der Waals surface area (Å²) < 4.78 is 2.02. The van der Waals surface area contributed by atoms with Crippen molar-refractivity contribution in [1.82, 2.24) is 20.1 Å². The largest absolute Gasteiger partial charge is 0.355 e. The summed E-state index contributed by atoms with van der Waals surface area (Å²) in [7, 11) is 0. The molecule has 7 heteroatoms. The van der Waals surface area contributed by atoms with E-state index in [4.69, 9.17) is 11.6 Å². The number of amides is 1. The van der Waals surface area contributed by atoms with Crippen LogP contribution in [-0.2, 0) is 11.3 Å². The van der Waals surface area contributed by atoms with E-state index < -0.39 is 0 Å². The summed E-state index contributed by atoms with van der Waals surface area (Å²) in [5.74, 6) is 1.56. The van der Waals surface area contributed by atoms with Gasteiger partial charge in [0.15, 0.2) is 11.0 Å². The van der Waals surface area contributed by atoms with Crippen LogP contribution in [0.4, 0.5) is 0 Å². The molecule has 1 heterocycles. The molecule has 1 amide bonds. The highest BCUT2D eigenvalue weighted by Gasteiger charge is 2.17. The highest BCUT2D eigenvalue weighted by Crippen LogP contribution is 2.29. The van der Waals surface area contributed by atoms with Gasteiger partial charge in [0.25, 0.3) is 0 Å². The first-order valence-corrected chi connectivity index (χ1v) is 11.0. The van der Waals surface area contributed by atoms with Crippen molar-refractivity contribution in [3.8, 4) is 11.4 Å². The number of hydrogen-bond acceptors (Lipinski definition) is 4. The fourth-order valence-electron chi connectivity index (χ4n) is 2.83. The van der Waals surface area contributed by atoms with E-state index in [1.807, 2.05) is 47.0 Å². The summed E-state index contributed by atoms with van der Waals surface area (Å²) in [6.45, 7) is 5.58. The Kier molecular flexibility index (Phi) is 7.72. The molecule has 0 fully saturated rings. The number of nitrogens with zero attached hydrogens (tertiary/aromatic N) is 3. The van der Waals surface area contributed by atoms with E-state index in [0.29, 0.717) is 40.8 Å². The van der Waals surface area contributed by atoms with Gasteiger partial charge in [-0.2, -0.15) is 0 Å². The van der Waals surface area contributed by atoms with Crippen molar-refractivity contribution in [3.63, 3.8) is 0 Å². The van der Waals surface area contributed by atoms with Crippen molar-refractivity contribution in [1.29, 1.82) is 0 Å². The second-order valence-electron chi connectivity index (χ2n) is 7.18. The van der Waals surface area contributed by atoms with Crippen LogP contribution >= 0.6 is 23.4 Å². The van der Waals surface area contributed by atoms with Crippen molar-refractivity contribution in [2.45, 2.75) is 32.0 Å². The average Bonchev–Trinajstić information content (AvgIpc) is 3.09. The van der Waals surface area contributed by atoms with Crippen LogP contribution in [0.15, 0.2) is 59.8 Å². The second kappa shape index (κ2) is 10.5. The van der Waals surface area contributed by atoms with E-state index in [2.05, 4.69) is 41.5 Å². The van der Waals surface area contributed by atoms with E-state index in [0.717, 1.165) is 17.5 Å². The Morgan fingerprint density at radius 2 is 1.83 bits per heavy atom. The lowest BCUT2D eigenvalue weighted by molar-refractivity contribution is -0.118. The zero-order valence-corrected chi connectivity index (χ0v) is 18.2. The standard InChI is InChI=1S/C22H25ClN4OS/c1-16(2)12-13-24-20(28)15-29-22-26-25-21(18-10-6-7-11-19(18)23)27(22)14-17-8-4-3-5-9-17/h3-11,16H,12-15H2,1-2H3,(H,24,28). The maximum Gasteiger partial charge on any atom is 0.230 e. The van der Waals surface area contributed by atoms with E-state index in [9.17, 15) is 4.79 Å². The first-order valence-electron chi connectivity index (χ1n) is 9.66. The first kappa shape index (κ1) is 21.4. The summed E-state index contributed by atoms with van der Waals surface area (Å²) in [6.07, 6.45) is 0.969. The monoisotopic (exact) mass is 428 g/mol. The Hall–Kier alpha value is -2.31. The van der Waals surface area contributed by atoms with Gasteiger partial charge in [-0.15, -0.1) is 10.2 Å². The molecule has 0 saturated carbocycles. The zero-order chi connectivity index (χ0) is 20.6. The highest BCUT2D eigenvalue weighted by atomic mass is 35.5.